The van der Waals surface area contributed by atoms with E-state index in [0.717, 1.165) is 33.5 Å². The molecule has 4 rings (SSSR count). The Morgan fingerprint density at radius 2 is 2.03 bits per heavy atom. The maximum atomic E-state index is 12.5. The van der Waals surface area contributed by atoms with Gasteiger partial charge in [0.05, 0.1) is 17.9 Å². The van der Waals surface area contributed by atoms with Crippen LogP contribution >= 0.6 is 23.1 Å². The Labute approximate surface area is 192 Å². The van der Waals surface area contributed by atoms with E-state index in [2.05, 4.69) is 20.6 Å². The molecule has 0 unspecified atom stereocenters. The molecule has 0 atom stereocenters. The number of thioether (sulfide) groups is 1. The zero-order valence-electron chi connectivity index (χ0n) is 17.9. The van der Waals surface area contributed by atoms with Crippen molar-refractivity contribution in [3.05, 3.63) is 41.2 Å². The van der Waals surface area contributed by atoms with Crippen molar-refractivity contribution in [1.29, 1.82) is 0 Å². The van der Waals surface area contributed by atoms with Crippen LogP contribution in [0, 0.1) is 13.8 Å². The number of anilines is 1. The molecule has 3 aromatic heterocycles. The number of carbonyl (C=O) groups is 2. The summed E-state index contributed by atoms with van der Waals surface area (Å²) >= 11 is 2.46. The largest absolute Gasteiger partial charge is 0.465 e. The van der Waals surface area contributed by atoms with E-state index in [1.807, 2.05) is 42.6 Å². The molecular weight excluding hydrogens is 448 g/mol. The first kappa shape index (κ1) is 22.2. The smallest absolute Gasteiger partial charge is 0.316 e. The highest BCUT2D eigenvalue weighted by molar-refractivity contribution is 8.01. The summed E-state index contributed by atoms with van der Waals surface area (Å²) in [7, 11) is 0. The molecule has 1 aromatic carbocycles. The molecule has 1 N–H and O–H groups in total. The van der Waals surface area contributed by atoms with Gasteiger partial charge in [0.1, 0.15) is 0 Å². The predicted octanol–water partition coefficient (Wildman–Crippen LogP) is 3.58. The molecule has 4 aromatic rings. The Balaban J connectivity index is 1.40. The third-order valence-electron chi connectivity index (χ3n) is 4.89. The molecule has 1 amide bonds. The molecular formula is C21H22N6O3S2. The topological polar surface area (TPSA) is 111 Å². The number of aromatic nitrogens is 5. The number of nitrogens with zero attached hydrogens (tertiary/aromatic N) is 5. The first-order chi connectivity index (χ1) is 15.5. The molecule has 0 aliphatic carbocycles. The fourth-order valence-corrected chi connectivity index (χ4v) is 4.97. The lowest BCUT2D eigenvalue weighted by Crippen LogP contribution is -2.14. The maximum Gasteiger partial charge on any atom is 0.316 e. The number of carbonyl (C=O) groups excluding carboxylic acids is 2. The monoisotopic (exact) mass is 470 g/mol. The van der Waals surface area contributed by atoms with Gasteiger partial charge < -0.3 is 10.1 Å². The number of hydrogen-bond donors (Lipinski definition) is 1. The van der Waals surface area contributed by atoms with Crippen LogP contribution in [0.5, 0.6) is 0 Å². The van der Waals surface area contributed by atoms with Crippen LogP contribution in [-0.4, -0.2) is 49.0 Å². The average molecular weight is 471 g/mol. The van der Waals surface area contributed by atoms with Crippen LogP contribution in [0.2, 0.25) is 0 Å². The Kier molecular flexibility index (Phi) is 6.66. The van der Waals surface area contributed by atoms with Crippen LogP contribution in [0.25, 0.3) is 16.6 Å². The molecule has 166 valence electrons. The minimum absolute atomic E-state index is 0.160. The summed E-state index contributed by atoms with van der Waals surface area (Å²) in [5.41, 5.74) is 4.59. The van der Waals surface area contributed by atoms with Gasteiger partial charge in [-0.3, -0.25) is 9.59 Å². The molecule has 0 radical (unpaired) electrons. The van der Waals surface area contributed by atoms with Crippen molar-refractivity contribution in [3.8, 4) is 0 Å². The second-order valence-corrected chi connectivity index (χ2v) is 9.23. The van der Waals surface area contributed by atoms with Crippen molar-refractivity contribution in [3.63, 3.8) is 0 Å². The van der Waals surface area contributed by atoms with E-state index >= 15 is 0 Å². The van der Waals surface area contributed by atoms with Crippen molar-refractivity contribution in [2.75, 3.05) is 17.7 Å². The Morgan fingerprint density at radius 1 is 1.22 bits per heavy atom. The van der Waals surface area contributed by atoms with E-state index in [1.54, 1.807) is 6.92 Å². The van der Waals surface area contributed by atoms with Gasteiger partial charge >= 0.3 is 5.97 Å². The van der Waals surface area contributed by atoms with Crippen molar-refractivity contribution in [1.82, 2.24) is 24.8 Å². The number of nitrogens with one attached hydrogen (secondary N) is 1. The Morgan fingerprint density at radius 3 is 2.84 bits per heavy atom. The van der Waals surface area contributed by atoms with E-state index in [-0.39, 0.29) is 24.1 Å². The van der Waals surface area contributed by atoms with E-state index in [9.17, 15) is 9.59 Å². The van der Waals surface area contributed by atoms with Gasteiger partial charge in [-0.2, -0.15) is 5.10 Å². The SMILES string of the molecule is CCOC(=O)CSc1nnc(NC(=O)CCc2c(C)nc3c4ccccc4nn3c2C)s1. The standard InChI is InChI=1S/C21H22N6O3S2/c1-4-30-18(29)11-31-21-25-24-20(32-21)23-17(28)10-9-14-12(2)22-19-15-7-5-6-8-16(15)26-27(19)13(14)3/h5-8H,4,9-11H2,1-3H3,(H,23,24,28). The van der Waals surface area contributed by atoms with Crippen LogP contribution in [0.15, 0.2) is 28.6 Å². The highest BCUT2D eigenvalue weighted by atomic mass is 32.2. The zero-order chi connectivity index (χ0) is 22.7. The molecule has 11 heteroatoms. The highest BCUT2D eigenvalue weighted by Crippen LogP contribution is 2.26. The van der Waals surface area contributed by atoms with E-state index < -0.39 is 0 Å². The molecule has 9 nitrogen and oxygen atoms in total. The lowest BCUT2D eigenvalue weighted by atomic mass is 10.1. The summed E-state index contributed by atoms with van der Waals surface area (Å²) in [6.07, 6.45) is 0.812. The van der Waals surface area contributed by atoms with Crippen LogP contribution < -0.4 is 5.32 Å². The first-order valence-electron chi connectivity index (χ1n) is 10.1. The van der Waals surface area contributed by atoms with Gasteiger partial charge in [-0.1, -0.05) is 35.2 Å². The molecule has 0 fully saturated rings. The van der Waals surface area contributed by atoms with Crippen molar-refractivity contribution in [2.24, 2.45) is 0 Å². The number of benzene rings is 1. The van der Waals surface area contributed by atoms with Crippen LogP contribution in [0.4, 0.5) is 5.13 Å². The second-order valence-electron chi connectivity index (χ2n) is 7.03. The van der Waals surface area contributed by atoms with Crippen LogP contribution in [0.3, 0.4) is 0 Å². The summed E-state index contributed by atoms with van der Waals surface area (Å²) in [6, 6.07) is 7.91. The minimum Gasteiger partial charge on any atom is -0.465 e. The van der Waals surface area contributed by atoms with Crippen molar-refractivity contribution in [2.45, 2.75) is 38.0 Å². The number of fused-ring (bicyclic) bond motifs is 3. The summed E-state index contributed by atoms with van der Waals surface area (Å²) in [5.74, 6) is -0.306. The molecule has 3 heterocycles. The minimum atomic E-state index is -0.306. The van der Waals surface area contributed by atoms with Gasteiger partial charge in [0.25, 0.3) is 0 Å². The fourth-order valence-electron chi connectivity index (χ4n) is 3.40. The molecule has 32 heavy (non-hydrogen) atoms. The van der Waals surface area contributed by atoms with Gasteiger partial charge in [0.2, 0.25) is 11.0 Å². The lowest BCUT2D eigenvalue weighted by molar-refractivity contribution is -0.139. The van der Waals surface area contributed by atoms with Gasteiger partial charge in [0, 0.05) is 23.2 Å². The average Bonchev–Trinajstić information content (AvgIpc) is 3.37. The molecule has 0 bridgehead atoms. The third-order valence-corrected chi connectivity index (χ3v) is 6.84. The van der Waals surface area contributed by atoms with Gasteiger partial charge in [0.15, 0.2) is 9.99 Å². The zero-order valence-corrected chi connectivity index (χ0v) is 19.5. The van der Waals surface area contributed by atoms with E-state index in [4.69, 9.17) is 9.72 Å². The highest BCUT2D eigenvalue weighted by Gasteiger charge is 2.16. The number of aryl methyl sites for hydroxylation is 2. The Hall–Kier alpha value is -3.05. The van der Waals surface area contributed by atoms with Gasteiger partial charge in [-0.25, -0.2) is 9.50 Å². The summed E-state index contributed by atoms with van der Waals surface area (Å²) in [5, 5.41) is 16.8. The molecule has 0 saturated heterocycles. The number of hydrogen-bond acceptors (Lipinski definition) is 9. The third kappa shape index (κ3) is 4.73. The number of amides is 1. The first-order valence-corrected chi connectivity index (χ1v) is 11.9. The van der Waals surface area contributed by atoms with Gasteiger partial charge in [-0.05, 0) is 44.9 Å². The lowest BCUT2D eigenvalue weighted by Gasteiger charge is -2.10. The summed E-state index contributed by atoms with van der Waals surface area (Å²) < 4.78 is 7.34. The molecule has 0 saturated carbocycles. The van der Waals surface area contributed by atoms with Crippen LogP contribution in [-0.2, 0) is 20.7 Å². The summed E-state index contributed by atoms with van der Waals surface area (Å²) in [6.45, 7) is 6.06. The predicted molar refractivity (Wildman–Crippen MR) is 124 cm³/mol. The molecule has 0 spiro atoms. The van der Waals surface area contributed by atoms with E-state index in [0.29, 0.717) is 22.5 Å². The Bertz CT molecular complexity index is 1300. The quantitative estimate of drug-likeness (QED) is 0.236. The van der Waals surface area contributed by atoms with Crippen molar-refractivity contribution < 1.29 is 14.3 Å². The summed E-state index contributed by atoms with van der Waals surface area (Å²) in [4.78, 5) is 28.7. The van der Waals surface area contributed by atoms with Gasteiger partial charge in [-0.15, -0.1) is 10.2 Å². The van der Waals surface area contributed by atoms with E-state index in [1.165, 1.54) is 23.1 Å². The van der Waals surface area contributed by atoms with Crippen LogP contribution in [0.1, 0.15) is 30.3 Å². The number of rotatable bonds is 8. The second kappa shape index (κ2) is 9.61. The molecule has 0 aliphatic rings. The maximum absolute atomic E-state index is 12.5. The molecule has 0 aliphatic heterocycles. The van der Waals surface area contributed by atoms with Crippen molar-refractivity contribution >= 4 is 56.7 Å². The normalized spacial score (nSPS) is 11.2. The number of ether oxygens (including phenoxy) is 1. The fraction of sp³-hybridized carbons (Fsp3) is 0.333. The number of esters is 1.